The molecule has 0 atom stereocenters. The molecule has 0 unspecified atom stereocenters. The Kier molecular flexibility index (Phi) is 19.9. The minimum Gasteiger partial charge on any atom is -0.256 e. The molecule has 6 nitrogen and oxygen atoms in total. The first-order valence-electron chi connectivity index (χ1n) is 42.8. The maximum Gasteiger partial charge on any atom is 0.0794 e. The highest BCUT2D eigenvalue weighted by Crippen LogP contribution is 2.46. The maximum atomic E-state index is 5.27. The van der Waals surface area contributed by atoms with Crippen LogP contribution in [0, 0.1) is 0 Å². The molecule has 588 valence electrons. The van der Waals surface area contributed by atoms with Crippen molar-refractivity contribution in [3.63, 3.8) is 0 Å². The third-order valence-electron chi connectivity index (χ3n) is 24.3. The van der Waals surface area contributed by atoms with E-state index in [1.54, 1.807) is 0 Å². The molecule has 0 radical (unpaired) electrons. The summed E-state index contributed by atoms with van der Waals surface area (Å²) >= 11 is 0. The van der Waals surface area contributed by atoms with Gasteiger partial charge in [-0.3, -0.25) is 15.0 Å². The number of benzene rings is 18. The van der Waals surface area contributed by atoms with E-state index in [9.17, 15) is 0 Å². The lowest BCUT2D eigenvalue weighted by Crippen LogP contribution is -1.93. The van der Waals surface area contributed by atoms with Gasteiger partial charge in [-0.25, -0.2) is 15.0 Å². The van der Waals surface area contributed by atoms with Gasteiger partial charge in [-0.05, 0) is 172 Å². The first-order chi connectivity index (χ1) is 62.5. The summed E-state index contributed by atoms with van der Waals surface area (Å²) in [5.74, 6) is 0. The lowest BCUT2D eigenvalue weighted by molar-refractivity contribution is 1.41. The van der Waals surface area contributed by atoms with Crippen molar-refractivity contribution < 1.29 is 0 Å². The van der Waals surface area contributed by atoms with E-state index in [1.807, 2.05) is 55.0 Å². The monoisotopic (exact) mass is 1600 g/mol. The summed E-state index contributed by atoms with van der Waals surface area (Å²) in [5, 5.41) is 14.0. The summed E-state index contributed by atoms with van der Waals surface area (Å²) in [5.41, 5.74) is 33.6. The molecule has 6 heterocycles. The quantitative estimate of drug-likeness (QED) is 0.113. The third kappa shape index (κ3) is 14.6. The molecule has 0 amide bonds. The van der Waals surface area contributed by atoms with E-state index in [0.717, 1.165) is 138 Å². The molecule has 18 aromatic carbocycles. The van der Waals surface area contributed by atoms with E-state index in [-0.39, 0.29) is 0 Å². The van der Waals surface area contributed by atoms with Crippen molar-refractivity contribution >= 4 is 97.7 Å². The molecule has 0 saturated carbocycles. The molecule has 0 bridgehead atoms. The van der Waals surface area contributed by atoms with Crippen LogP contribution >= 0.6 is 0 Å². The van der Waals surface area contributed by atoms with Crippen LogP contribution in [0.3, 0.4) is 0 Å². The lowest BCUT2D eigenvalue weighted by Gasteiger charge is -2.16. The van der Waals surface area contributed by atoms with Crippen LogP contribution in [0.1, 0.15) is 0 Å². The lowest BCUT2D eigenvalue weighted by atomic mass is 9.90. The average Bonchev–Trinajstić information content (AvgIpc) is 0.746. The standard InChI is InChI=1S/3C40H26N2/c1-3-11-28(12-4-1)36-25-39(30-13-5-2-6-14-30)42-40-34-17-9-8-16-33(34)35(24-37(36)40)29-21-19-27(20-22-29)32-23-31-15-7-10-18-38(31)41-26-32;1-3-11-27(12-4-1)36-26-38(30-13-5-2-6-14-30)42-40-34-18-8-7-17-33(34)35(25-37(36)40)29-22-20-28(21-23-29)32-19-9-15-31-16-10-24-41-39(31)32;1-3-11-27(12-4-1)36-26-39(30-13-5-2-6-14-30)42-40-34-17-8-7-15-32(34)35(25-37(36)40)29-21-19-28(20-22-29)31-23-24-41-38-18-10-9-16-33(31)38/h3*1-26H. The Morgan fingerprint density at radius 3 is 0.865 bits per heavy atom. The van der Waals surface area contributed by atoms with Crippen molar-refractivity contribution in [3.8, 4) is 134 Å². The van der Waals surface area contributed by atoms with Crippen LogP contribution in [-0.4, -0.2) is 29.9 Å². The summed E-state index contributed by atoms with van der Waals surface area (Å²) in [4.78, 5) is 29.7. The second-order valence-corrected chi connectivity index (χ2v) is 31.9. The molecule has 24 aromatic rings. The number of nitrogens with zero attached hydrogens (tertiary/aromatic N) is 6. The van der Waals surface area contributed by atoms with Crippen LogP contribution in [0.5, 0.6) is 0 Å². The molecule has 0 aliphatic rings. The average molecular weight is 1600 g/mol. The highest BCUT2D eigenvalue weighted by atomic mass is 14.7. The number of para-hydroxylation sites is 3. The van der Waals surface area contributed by atoms with Gasteiger partial charge in [-0.2, -0.15) is 0 Å². The Hall–Kier alpha value is -16.8. The first kappa shape index (κ1) is 75.4. The van der Waals surface area contributed by atoms with E-state index in [2.05, 4.69) is 434 Å². The largest absolute Gasteiger partial charge is 0.256 e. The van der Waals surface area contributed by atoms with Crippen LogP contribution in [0.25, 0.3) is 232 Å². The first-order valence-corrected chi connectivity index (χ1v) is 42.8. The van der Waals surface area contributed by atoms with Gasteiger partial charge in [0, 0.05) is 94.9 Å². The Bertz CT molecular complexity index is 7860. The molecule has 0 aliphatic heterocycles. The van der Waals surface area contributed by atoms with Gasteiger partial charge in [0.1, 0.15) is 0 Å². The highest BCUT2D eigenvalue weighted by molar-refractivity contribution is 6.19. The van der Waals surface area contributed by atoms with Gasteiger partial charge in [0.15, 0.2) is 0 Å². The number of fused-ring (bicyclic) bond motifs is 12. The molecule has 126 heavy (non-hydrogen) atoms. The number of aromatic nitrogens is 6. The Labute approximate surface area is 730 Å². The predicted molar refractivity (Wildman–Crippen MR) is 529 cm³/mol. The van der Waals surface area contributed by atoms with Gasteiger partial charge in [-0.1, -0.05) is 388 Å². The van der Waals surface area contributed by atoms with E-state index in [4.69, 9.17) is 15.0 Å². The molecule has 6 aromatic heterocycles. The predicted octanol–water partition coefficient (Wildman–Crippen LogP) is 31.8. The third-order valence-corrected chi connectivity index (χ3v) is 24.3. The zero-order valence-corrected chi connectivity index (χ0v) is 68.7. The van der Waals surface area contributed by atoms with Crippen molar-refractivity contribution in [2.45, 2.75) is 0 Å². The second-order valence-electron chi connectivity index (χ2n) is 31.9. The fourth-order valence-corrected chi connectivity index (χ4v) is 18.1. The normalized spacial score (nSPS) is 11.3. The fraction of sp³-hybridized carbons (Fsp3) is 0. The molecular weight excluding hydrogens is 1530 g/mol. The number of pyridine rings is 6. The summed E-state index contributed by atoms with van der Waals surface area (Å²) in [6.07, 6.45) is 5.72. The Morgan fingerprint density at radius 2 is 0.444 bits per heavy atom. The topological polar surface area (TPSA) is 77.3 Å². The zero-order valence-electron chi connectivity index (χ0n) is 68.7. The zero-order chi connectivity index (χ0) is 83.6. The molecule has 0 N–H and O–H groups in total. The summed E-state index contributed by atoms with van der Waals surface area (Å²) in [7, 11) is 0. The van der Waals surface area contributed by atoms with Crippen molar-refractivity contribution in [1.29, 1.82) is 0 Å². The number of hydrogen-bond donors (Lipinski definition) is 0. The van der Waals surface area contributed by atoms with Crippen LogP contribution in [-0.2, 0) is 0 Å². The SMILES string of the molecule is c1ccc(-c2cc(-c3ccccc3)c3cc(-c4ccc(-c5cccc6cccnc56)cc4)c4ccccc4c3n2)cc1.c1ccc(-c2cc(-c3ccccc3)c3cc(-c4ccc(-c5ccnc6ccccc56)cc4)c4ccccc4c3n2)cc1.c1ccc(-c2cc(-c3ccccc3)c3cc(-c4ccc(-c5cnc6ccccc6c5)cc4)c4ccccc4c3n2)cc1. The number of rotatable bonds is 12. The second kappa shape index (κ2) is 33.3. The van der Waals surface area contributed by atoms with E-state index in [1.165, 1.54) is 94.0 Å². The molecule has 0 aliphatic carbocycles. The Balaban J connectivity index is 0.000000112. The smallest absolute Gasteiger partial charge is 0.0794 e. The number of hydrogen-bond acceptors (Lipinski definition) is 6. The molecule has 24 rings (SSSR count). The Morgan fingerprint density at radius 1 is 0.135 bits per heavy atom. The fourth-order valence-electron chi connectivity index (χ4n) is 18.1. The highest BCUT2D eigenvalue weighted by Gasteiger charge is 2.22. The van der Waals surface area contributed by atoms with Crippen molar-refractivity contribution in [2.24, 2.45) is 0 Å². The van der Waals surface area contributed by atoms with Crippen molar-refractivity contribution in [3.05, 3.63) is 474 Å². The van der Waals surface area contributed by atoms with Crippen molar-refractivity contribution in [2.75, 3.05) is 0 Å². The van der Waals surface area contributed by atoms with Gasteiger partial charge in [0.25, 0.3) is 0 Å². The molecule has 6 heteroatoms. The van der Waals surface area contributed by atoms with E-state index < -0.39 is 0 Å². The van der Waals surface area contributed by atoms with Gasteiger partial charge in [-0.15, -0.1) is 0 Å². The molecule has 0 fully saturated rings. The van der Waals surface area contributed by atoms with Gasteiger partial charge < -0.3 is 0 Å². The van der Waals surface area contributed by atoms with Crippen LogP contribution in [0.15, 0.2) is 474 Å². The molecule has 0 saturated heterocycles. The minimum atomic E-state index is 0.980. The van der Waals surface area contributed by atoms with E-state index in [0.29, 0.717) is 0 Å². The molecule has 0 spiro atoms. The van der Waals surface area contributed by atoms with Crippen molar-refractivity contribution in [1.82, 2.24) is 29.9 Å². The van der Waals surface area contributed by atoms with Crippen LogP contribution < -0.4 is 0 Å². The van der Waals surface area contributed by atoms with Gasteiger partial charge in [0.05, 0.1) is 50.2 Å². The summed E-state index contributed by atoms with van der Waals surface area (Å²) in [6.45, 7) is 0. The summed E-state index contributed by atoms with van der Waals surface area (Å²) in [6, 6.07) is 161. The van der Waals surface area contributed by atoms with Crippen LogP contribution in [0.2, 0.25) is 0 Å². The van der Waals surface area contributed by atoms with Gasteiger partial charge in [0.2, 0.25) is 0 Å². The summed E-state index contributed by atoms with van der Waals surface area (Å²) < 4.78 is 0. The maximum absolute atomic E-state index is 5.27. The molecular formula is C120H78N6. The van der Waals surface area contributed by atoms with E-state index >= 15 is 0 Å². The van der Waals surface area contributed by atoms with Crippen LogP contribution in [0.4, 0.5) is 0 Å². The van der Waals surface area contributed by atoms with Gasteiger partial charge >= 0.3 is 0 Å². The minimum absolute atomic E-state index is 0.980.